The number of hydrogen-bond acceptors (Lipinski definition) is 5. The van der Waals surface area contributed by atoms with Gasteiger partial charge in [0.05, 0.1) is 12.6 Å². The van der Waals surface area contributed by atoms with E-state index >= 15 is 0 Å². The van der Waals surface area contributed by atoms with Crippen LogP contribution in [0, 0.1) is 0 Å². The molecule has 1 fully saturated rings. The highest BCUT2D eigenvalue weighted by Gasteiger charge is 2.30. The van der Waals surface area contributed by atoms with Crippen molar-refractivity contribution in [1.29, 1.82) is 0 Å². The van der Waals surface area contributed by atoms with E-state index in [-0.39, 0.29) is 24.4 Å². The second-order valence-electron chi connectivity index (χ2n) is 6.45. The van der Waals surface area contributed by atoms with Crippen LogP contribution in [0.25, 0.3) is 0 Å². The quantitative estimate of drug-likeness (QED) is 0.842. The number of amides is 2. The van der Waals surface area contributed by atoms with Gasteiger partial charge in [0.25, 0.3) is 0 Å². The average Bonchev–Trinajstić information content (AvgIpc) is 3.22. The fraction of sp³-hybridized carbons (Fsp3) is 0.444. The molecule has 2 aromatic heterocycles. The SMILES string of the molecule is CC(C(=O)N(C)CC(=O)N1CCNCC1c1cccnc1)n1cccn1. The molecule has 2 amide bonds. The second-order valence-corrected chi connectivity index (χ2v) is 6.45. The van der Waals surface area contributed by atoms with Gasteiger partial charge in [0.1, 0.15) is 6.04 Å². The summed E-state index contributed by atoms with van der Waals surface area (Å²) < 4.78 is 1.59. The van der Waals surface area contributed by atoms with Gasteiger partial charge in [-0.05, 0) is 24.6 Å². The van der Waals surface area contributed by atoms with Crippen LogP contribution >= 0.6 is 0 Å². The molecule has 3 rings (SSSR count). The van der Waals surface area contributed by atoms with E-state index in [0.717, 1.165) is 12.1 Å². The first-order chi connectivity index (χ1) is 12.6. The summed E-state index contributed by atoms with van der Waals surface area (Å²) in [6, 6.07) is 5.10. The van der Waals surface area contributed by atoms with Crippen LogP contribution < -0.4 is 5.32 Å². The van der Waals surface area contributed by atoms with Crippen molar-refractivity contribution in [1.82, 2.24) is 29.9 Å². The Morgan fingerprint density at radius 1 is 1.38 bits per heavy atom. The summed E-state index contributed by atoms with van der Waals surface area (Å²) in [5.74, 6) is -0.209. The maximum Gasteiger partial charge on any atom is 0.247 e. The maximum atomic E-state index is 12.9. The average molecular weight is 356 g/mol. The molecule has 1 N–H and O–H groups in total. The largest absolute Gasteiger partial charge is 0.335 e. The molecule has 0 aliphatic carbocycles. The molecule has 8 nitrogen and oxygen atoms in total. The van der Waals surface area contributed by atoms with Gasteiger partial charge in [0, 0.05) is 51.5 Å². The Kier molecular flexibility index (Phi) is 5.62. The van der Waals surface area contributed by atoms with E-state index in [1.807, 2.05) is 17.0 Å². The molecule has 138 valence electrons. The first-order valence-electron chi connectivity index (χ1n) is 8.72. The Morgan fingerprint density at radius 3 is 2.92 bits per heavy atom. The molecule has 1 aliphatic heterocycles. The van der Waals surface area contributed by atoms with E-state index in [1.165, 1.54) is 4.90 Å². The molecule has 2 atom stereocenters. The van der Waals surface area contributed by atoms with Crippen LogP contribution in [0.3, 0.4) is 0 Å². The van der Waals surface area contributed by atoms with E-state index < -0.39 is 6.04 Å². The van der Waals surface area contributed by atoms with Gasteiger partial charge in [-0.3, -0.25) is 19.3 Å². The van der Waals surface area contributed by atoms with Crippen LogP contribution in [0.4, 0.5) is 0 Å². The van der Waals surface area contributed by atoms with Gasteiger partial charge in [-0.15, -0.1) is 0 Å². The third-order valence-electron chi connectivity index (χ3n) is 4.66. The summed E-state index contributed by atoms with van der Waals surface area (Å²) in [5.41, 5.74) is 0.993. The third kappa shape index (κ3) is 3.91. The molecule has 2 unspecified atom stereocenters. The molecule has 1 aliphatic rings. The monoisotopic (exact) mass is 356 g/mol. The molecule has 26 heavy (non-hydrogen) atoms. The van der Waals surface area contributed by atoms with Crippen molar-refractivity contribution in [3.8, 4) is 0 Å². The molecule has 0 aromatic carbocycles. The molecule has 0 saturated carbocycles. The molecule has 3 heterocycles. The van der Waals surface area contributed by atoms with Crippen molar-refractivity contribution < 1.29 is 9.59 Å². The number of carbonyl (C=O) groups is 2. The normalized spacial score (nSPS) is 18.4. The van der Waals surface area contributed by atoms with Crippen LogP contribution in [-0.2, 0) is 9.59 Å². The number of nitrogens with zero attached hydrogens (tertiary/aromatic N) is 5. The number of rotatable bonds is 5. The van der Waals surface area contributed by atoms with Gasteiger partial charge in [0.2, 0.25) is 11.8 Å². The fourth-order valence-electron chi connectivity index (χ4n) is 3.19. The lowest BCUT2D eigenvalue weighted by molar-refractivity contribution is -0.143. The number of piperazine rings is 1. The zero-order valence-corrected chi connectivity index (χ0v) is 15.1. The van der Waals surface area contributed by atoms with Crippen molar-refractivity contribution in [2.24, 2.45) is 0 Å². The lowest BCUT2D eigenvalue weighted by atomic mass is 10.1. The van der Waals surface area contributed by atoms with E-state index in [0.29, 0.717) is 13.1 Å². The molecule has 8 heteroatoms. The van der Waals surface area contributed by atoms with Crippen molar-refractivity contribution in [3.05, 3.63) is 48.5 Å². The Morgan fingerprint density at radius 2 is 2.23 bits per heavy atom. The molecule has 0 bridgehead atoms. The van der Waals surface area contributed by atoms with Gasteiger partial charge in [-0.2, -0.15) is 5.10 Å². The van der Waals surface area contributed by atoms with Crippen LogP contribution in [0.15, 0.2) is 43.0 Å². The second kappa shape index (κ2) is 8.09. The number of nitrogens with one attached hydrogen (secondary N) is 1. The molecular formula is C18H24N6O2. The van der Waals surface area contributed by atoms with E-state index in [2.05, 4.69) is 15.4 Å². The van der Waals surface area contributed by atoms with Gasteiger partial charge in [-0.1, -0.05) is 6.07 Å². The summed E-state index contributed by atoms with van der Waals surface area (Å²) in [5, 5.41) is 7.42. The highest BCUT2D eigenvalue weighted by Crippen LogP contribution is 2.21. The zero-order valence-electron chi connectivity index (χ0n) is 15.1. The van der Waals surface area contributed by atoms with Gasteiger partial charge >= 0.3 is 0 Å². The number of carbonyl (C=O) groups excluding carboxylic acids is 2. The van der Waals surface area contributed by atoms with Crippen molar-refractivity contribution in [2.45, 2.75) is 19.0 Å². The number of aromatic nitrogens is 3. The Balaban J connectivity index is 1.66. The minimum Gasteiger partial charge on any atom is -0.335 e. The summed E-state index contributed by atoms with van der Waals surface area (Å²) in [6.07, 6.45) is 6.88. The van der Waals surface area contributed by atoms with E-state index in [4.69, 9.17) is 0 Å². The summed E-state index contributed by atoms with van der Waals surface area (Å²) in [7, 11) is 1.65. The number of pyridine rings is 1. The molecular weight excluding hydrogens is 332 g/mol. The van der Waals surface area contributed by atoms with E-state index in [1.54, 1.807) is 49.5 Å². The van der Waals surface area contributed by atoms with Crippen LogP contribution in [0.1, 0.15) is 24.6 Å². The molecule has 1 saturated heterocycles. The van der Waals surface area contributed by atoms with Gasteiger partial charge < -0.3 is 15.1 Å². The van der Waals surface area contributed by atoms with Crippen molar-refractivity contribution >= 4 is 11.8 Å². The number of hydrogen-bond donors (Lipinski definition) is 1. The third-order valence-corrected chi connectivity index (χ3v) is 4.66. The minimum atomic E-state index is -0.444. The van der Waals surface area contributed by atoms with Gasteiger partial charge in [0.15, 0.2) is 0 Å². The highest BCUT2D eigenvalue weighted by atomic mass is 16.2. The summed E-state index contributed by atoms with van der Waals surface area (Å²) in [4.78, 5) is 32.9. The maximum absolute atomic E-state index is 12.9. The summed E-state index contributed by atoms with van der Waals surface area (Å²) >= 11 is 0. The topological polar surface area (TPSA) is 83.4 Å². The van der Waals surface area contributed by atoms with Crippen molar-refractivity contribution in [3.63, 3.8) is 0 Å². The zero-order chi connectivity index (χ0) is 18.5. The highest BCUT2D eigenvalue weighted by molar-refractivity contribution is 5.86. The predicted molar refractivity (Wildman–Crippen MR) is 96.1 cm³/mol. The lowest BCUT2D eigenvalue weighted by Gasteiger charge is -2.37. The van der Waals surface area contributed by atoms with Crippen LogP contribution in [0.5, 0.6) is 0 Å². The Labute approximate surface area is 152 Å². The lowest BCUT2D eigenvalue weighted by Crippen LogP contribution is -2.52. The predicted octanol–water partition coefficient (Wildman–Crippen LogP) is 0.471. The Hall–Kier alpha value is -2.74. The van der Waals surface area contributed by atoms with Gasteiger partial charge in [-0.25, -0.2) is 0 Å². The van der Waals surface area contributed by atoms with E-state index in [9.17, 15) is 9.59 Å². The Bertz CT molecular complexity index is 733. The first kappa shape index (κ1) is 18.1. The molecule has 0 radical (unpaired) electrons. The minimum absolute atomic E-state index is 0.0429. The first-order valence-corrected chi connectivity index (χ1v) is 8.72. The summed E-state index contributed by atoms with van der Waals surface area (Å²) in [6.45, 7) is 3.85. The fourth-order valence-corrected chi connectivity index (χ4v) is 3.19. The number of likely N-dealkylation sites (N-methyl/N-ethyl adjacent to an activating group) is 1. The van der Waals surface area contributed by atoms with Crippen LogP contribution in [-0.4, -0.2) is 69.6 Å². The molecule has 2 aromatic rings. The standard InChI is InChI=1S/C18H24N6O2/c1-14(24-9-4-7-21-24)18(26)22(2)13-17(25)23-10-8-20-12-16(23)15-5-3-6-19-11-15/h3-7,9,11,14,16,20H,8,10,12-13H2,1-2H3. The molecule has 0 spiro atoms. The smallest absolute Gasteiger partial charge is 0.247 e. The van der Waals surface area contributed by atoms with Crippen molar-refractivity contribution in [2.75, 3.05) is 33.2 Å². The van der Waals surface area contributed by atoms with Crippen LogP contribution in [0.2, 0.25) is 0 Å².